The van der Waals surface area contributed by atoms with Crippen molar-refractivity contribution in [2.75, 3.05) is 13.1 Å². The molecule has 1 atom stereocenters. The Balaban J connectivity index is 1.64. The number of nitrogens with two attached hydrogens (primary N) is 1. The number of rotatable bonds is 3. The Kier molecular flexibility index (Phi) is 4.09. The summed E-state index contributed by atoms with van der Waals surface area (Å²) in [6.45, 7) is 2.22. The second kappa shape index (κ2) is 6.53. The van der Waals surface area contributed by atoms with Crippen molar-refractivity contribution in [3.63, 3.8) is 0 Å². The second-order valence-corrected chi connectivity index (χ2v) is 6.28. The summed E-state index contributed by atoms with van der Waals surface area (Å²) in [6, 6.07) is 12.6. The van der Waals surface area contributed by atoms with Gasteiger partial charge in [0.25, 0.3) is 0 Å². The molecule has 24 heavy (non-hydrogen) atoms. The highest BCUT2D eigenvalue weighted by Crippen LogP contribution is 2.29. The average Bonchev–Trinajstić information content (AvgIpc) is 3.19. The highest BCUT2D eigenvalue weighted by Gasteiger charge is 2.15. The van der Waals surface area contributed by atoms with Gasteiger partial charge in [-0.25, -0.2) is 4.99 Å². The van der Waals surface area contributed by atoms with Crippen LogP contribution in [-0.2, 0) is 0 Å². The summed E-state index contributed by atoms with van der Waals surface area (Å²) in [6.07, 6.45) is 7.43. The van der Waals surface area contributed by atoms with Crippen molar-refractivity contribution in [3.8, 4) is 0 Å². The molecule has 1 fully saturated rings. The lowest BCUT2D eigenvalue weighted by atomic mass is 10.1. The minimum atomic E-state index is 0.397. The summed E-state index contributed by atoms with van der Waals surface area (Å²) in [5.41, 5.74) is 8.10. The van der Waals surface area contributed by atoms with Crippen molar-refractivity contribution < 1.29 is 4.42 Å². The SMILES string of the molecule is NC(=Nc1ccc2c(ccn2C2CCCNCC2)c1)c1ccco1. The Morgan fingerprint density at radius 2 is 2.17 bits per heavy atom. The van der Waals surface area contributed by atoms with Gasteiger partial charge in [-0.3, -0.25) is 0 Å². The van der Waals surface area contributed by atoms with E-state index in [4.69, 9.17) is 10.2 Å². The largest absolute Gasteiger partial charge is 0.461 e. The molecule has 4 rings (SSSR count). The molecule has 124 valence electrons. The van der Waals surface area contributed by atoms with E-state index < -0.39 is 0 Å². The van der Waals surface area contributed by atoms with E-state index in [9.17, 15) is 0 Å². The predicted molar refractivity (Wildman–Crippen MR) is 96.8 cm³/mol. The van der Waals surface area contributed by atoms with E-state index >= 15 is 0 Å². The number of aliphatic imine (C=N–C) groups is 1. The van der Waals surface area contributed by atoms with E-state index in [1.165, 1.54) is 30.2 Å². The molecular formula is C19H22N4O. The third kappa shape index (κ3) is 2.95. The van der Waals surface area contributed by atoms with Crippen LogP contribution in [0.5, 0.6) is 0 Å². The molecule has 0 saturated carbocycles. The van der Waals surface area contributed by atoms with Crippen LogP contribution in [0.15, 0.2) is 58.3 Å². The average molecular weight is 322 g/mol. The molecular weight excluding hydrogens is 300 g/mol. The Labute approximate surface area is 141 Å². The Hall–Kier alpha value is -2.53. The maximum absolute atomic E-state index is 6.00. The molecule has 5 nitrogen and oxygen atoms in total. The third-order valence-corrected chi connectivity index (χ3v) is 4.67. The van der Waals surface area contributed by atoms with Crippen LogP contribution >= 0.6 is 0 Å². The van der Waals surface area contributed by atoms with Crippen LogP contribution in [0.2, 0.25) is 0 Å². The topological polar surface area (TPSA) is 68.5 Å². The number of furan rings is 1. The highest BCUT2D eigenvalue weighted by atomic mass is 16.3. The molecule has 3 N–H and O–H groups in total. The van der Waals surface area contributed by atoms with Crippen molar-refractivity contribution in [2.45, 2.75) is 25.3 Å². The minimum Gasteiger partial charge on any atom is -0.461 e. The zero-order valence-electron chi connectivity index (χ0n) is 13.6. The molecule has 1 aliphatic heterocycles. The van der Waals surface area contributed by atoms with Gasteiger partial charge in [0.1, 0.15) is 0 Å². The van der Waals surface area contributed by atoms with E-state index in [-0.39, 0.29) is 0 Å². The lowest BCUT2D eigenvalue weighted by Gasteiger charge is -2.17. The lowest BCUT2D eigenvalue weighted by Crippen LogP contribution is -2.15. The normalized spacial score (nSPS) is 19.5. The zero-order valence-corrected chi connectivity index (χ0v) is 13.6. The molecule has 2 aromatic heterocycles. The smallest absolute Gasteiger partial charge is 0.168 e. The van der Waals surface area contributed by atoms with Gasteiger partial charge < -0.3 is 20.0 Å². The summed E-state index contributed by atoms with van der Waals surface area (Å²) in [4.78, 5) is 4.47. The monoisotopic (exact) mass is 322 g/mol. The Morgan fingerprint density at radius 1 is 1.21 bits per heavy atom. The summed E-state index contributed by atoms with van der Waals surface area (Å²) in [5, 5.41) is 4.67. The van der Waals surface area contributed by atoms with Crippen molar-refractivity contribution in [3.05, 3.63) is 54.6 Å². The van der Waals surface area contributed by atoms with E-state index in [2.05, 4.69) is 39.3 Å². The fourth-order valence-electron chi connectivity index (χ4n) is 3.44. The van der Waals surface area contributed by atoms with Gasteiger partial charge in [0.15, 0.2) is 11.6 Å². The molecule has 0 aliphatic carbocycles. The standard InChI is InChI=1S/C19H22N4O/c20-19(18-4-2-12-24-18)22-15-5-6-17-14(13-15)8-11-23(17)16-3-1-9-21-10-7-16/h2,4-6,8,11-13,16,21H,1,3,7,9-10H2,(H2,20,22). The molecule has 3 aromatic rings. The van der Waals surface area contributed by atoms with Crippen molar-refractivity contribution in [2.24, 2.45) is 10.7 Å². The van der Waals surface area contributed by atoms with Crippen LogP contribution in [0.3, 0.4) is 0 Å². The van der Waals surface area contributed by atoms with Gasteiger partial charge in [-0.2, -0.15) is 0 Å². The summed E-state index contributed by atoms with van der Waals surface area (Å²) in [7, 11) is 0. The number of hydrogen-bond donors (Lipinski definition) is 2. The number of amidine groups is 1. The molecule has 5 heteroatoms. The minimum absolute atomic E-state index is 0.397. The number of nitrogens with zero attached hydrogens (tertiary/aromatic N) is 2. The maximum Gasteiger partial charge on any atom is 0.168 e. The van der Waals surface area contributed by atoms with Gasteiger partial charge in [0.2, 0.25) is 0 Å². The van der Waals surface area contributed by atoms with E-state index in [1.807, 2.05) is 18.2 Å². The summed E-state index contributed by atoms with van der Waals surface area (Å²) < 4.78 is 7.69. The van der Waals surface area contributed by atoms with Gasteiger partial charge >= 0.3 is 0 Å². The van der Waals surface area contributed by atoms with Crippen LogP contribution in [-0.4, -0.2) is 23.5 Å². The van der Waals surface area contributed by atoms with Gasteiger partial charge in [0.05, 0.1) is 12.0 Å². The third-order valence-electron chi connectivity index (χ3n) is 4.67. The molecule has 1 aliphatic rings. The first-order valence-corrected chi connectivity index (χ1v) is 8.50. The van der Waals surface area contributed by atoms with Crippen LogP contribution < -0.4 is 11.1 Å². The summed E-state index contributed by atoms with van der Waals surface area (Å²) >= 11 is 0. The summed E-state index contributed by atoms with van der Waals surface area (Å²) in [5.74, 6) is 0.993. The lowest BCUT2D eigenvalue weighted by molar-refractivity contribution is 0.467. The maximum atomic E-state index is 6.00. The van der Waals surface area contributed by atoms with Crippen LogP contribution in [0, 0.1) is 0 Å². The van der Waals surface area contributed by atoms with Crippen LogP contribution in [0.4, 0.5) is 5.69 Å². The number of benzene rings is 1. The van der Waals surface area contributed by atoms with Crippen LogP contribution in [0.25, 0.3) is 10.9 Å². The molecule has 0 amide bonds. The Morgan fingerprint density at radius 3 is 3.04 bits per heavy atom. The first-order valence-electron chi connectivity index (χ1n) is 8.50. The van der Waals surface area contributed by atoms with E-state index in [0.29, 0.717) is 17.6 Å². The number of hydrogen-bond acceptors (Lipinski definition) is 3. The zero-order chi connectivity index (χ0) is 16.4. The van der Waals surface area contributed by atoms with Gasteiger partial charge in [0, 0.05) is 23.1 Å². The van der Waals surface area contributed by atoms with Gasteiger partial charge in [-0.05, 0) is 68.8 Å². The molecule has 0 bridgehead atoms. The predicted octanol–water partition coefficient (Wildman–Crippen LogP) is 3.59. The highest BCUT2D eigenvalue weighted by molar-refractivity contribution is 5.97. The van der Waals surface area contributed by atoms with Crippen molar-refractivity contribution in [1.82, 2.24) is 9.88 Å². The number of aromatic nitrogens is 1. The van der Waals surface area contributed by atoms with Crippen LogP contribution in [0.1, 0.15) is 31.1 Å². The fourth-order valence-corrected chi connectivity index (χ4v) is 3.44. The quantitative estimate of drug-likeness (QED) is 0.572. The van der Waals surface area contributed by atoms with Gasteiger partial charge in [-0.15, -0.1) is 0 Å². The fraction of sp³-hybridized carbons (Fsp3) is 0.316. The second-order valence-electron chi connectivity index (χ2n) is 6.28. The molecule has 1 aromatic carbocycles. The van der Waals surface area contributed by atoms with Crippen molar-refractivity contribution in [1.29, 1.82) is 0 Å². The molecule has 1 saturated heterocycles. The number of nitrogens with one attached hydrogen (secondary N) is 1. The molecule has 3 heterocycles. The first kappa shape index (κ1) is 15.0. The van der Waals surface area contributed by atoms with E-state index in [0.717, 1.165) is 18.8 Å². The van der Waals surface area contributed by atoms with E-state index in [1.54, 1.807) is 6.26 Å². The molecule has 0 radical (unpaired) electrons. The Bertz CT molecular complexity index is 840. The number of fused-ring (bicyclic) bond motifs is 1. The molecule has 0 spiro atoms. The molecule has 1 unspecified atom stereocenters. The van der Waals surface area contributed by atoms with Gasteiger partial charge in [-0.1, -0.05) is 0 Å². The first-order chi connectivity index (χ1) is 11.8. The van der Waals surface area contributed by atoms with Crippen molar-refractivity contribution >= 4 is 22.4 Å².